The molecule has 2 aliphatic heterocycles. The van der Waals surface area contributed by atoms with Crippen LogP contribution in [0.3, 0.4) is 0 Å². The Balaban J connectivity index is 1.73. The van der Waals surface area contributed by atoms with Gasteiger partial charge in [0.1, 0.15) is 48.8 Å². The largest absolute Gasteiger partial charge is 0.394 e. The van der Waals surface area contributed by atoms with Crippen molar-refractivity contribution in [2.75, 3.05) is 19.8 Å². The van der Waals surface area contributed by atoms with Crippen LogP contribution in [0, 0.1) is 0 Å². The van der Waals surface area contributed by atoms with E-state index in [0.717, 1.165) is 116 Å². The zero-order valence-corrected chi connectivity index (χ0v) is 53.2. The van der Waals surface area contributed by atoms with Crippen molar-refractivity contribution in [1.29, 1.82) is 0 Å². The molecule has 0 spiro atoms. The molecule has 14 heteroatoms. The molecule has 12 atom stereocenters. The second kappa shape index (κ2) is 55.7. The average Bonchev–Trinajstić information content (AvgIpc) is 3.71. The van der Waals surface area contributed by atoms with Gasteiger partial charge in [0.25, 0.3) is 0 Å². The molecule has 0 bridgehead atoms. The van der Waals surface area contributed by atoms with E-state index in [-0.39, 0.29) is 18.9 Å². The van der Waals surface area contributed by atoms with Crippen LogP contribution >= 0.6 is 0 Å². The van der Waals surface area contributed by atoms with E-state index < -0.39 is 86.8 Å². The standard InChI is InChI=1S/C73H117NO13/c1-3-5-7-9-11-13-15-17-19-21-23-24-25-26-27-28-29-30-31-32-33-34-35-36-37-38-39-41-43-45-47-49-51-53-55-57-65(78)74-61(62(77)56-54-52-50-48-46-44-42-40-22-20-18-16-14-12-10-8-6-4-2)60-84-72-70(83)68(81)71(64(59-76)86-72)87-73-69(82)67(80)66(79)63(58-75)85-73/h5,7,11,13,17,19,22-24,26-27,29-30,32-33,35-36,38-40,43,45-46,48,54,56,61-64,66-73,75-77,79-83H,3-4,6,8-10,12,14-16,18,20-21,25,28,31,34,37,41-42,44,47,49-53,55,57-60H2,1-2H3,(H,74,78)/b7-5-,13-11-,19-17-,24-23-,27-26-,30-29-,33-32-,36-35-,39-38-,40-22+,45-43-,48-46+,56-54+. The van der Waals surface area contributed by atoms with Gasteiger partial charge in [-0.3, -0.25) is 4.79 Å². The van der Waals surface area contributed by atoms with Gasteiger partial charge in [-0.2, -0.15) is 0 Å². The minimum Gasteiger partial charge on any atom is -0.394 e. The third-order valence-corrected chi connectivity index (χ3v) is 14.9. The lowest BCUT2D eigenvalue weighted by Crippen LogP contribution is -2.65. The molecular weight excluding hydrogens is 1100 g/mol. The van der Waals surface area contributed by atoms with E-state index in [2.05, 4.69) is 165 Å². The molecule has 2 saturated heterocycles. The van der Waals surface area contributed by atoms with E-state index in [1.165, 1.54) is 51.4 Å². The predicted octanol–water partition coefficient (Wildman–Crippen LogP) is 13.1. The van der Waals surface area contributed by atoms with Crippen molar-refractivity contribution in [2.24, 2.45) is 0 Å². The number of amides is 1. The number of allylic oxidation sites excluding steroid dienone is 25. The molecule has 0 aromatic heterocycles. The topological polar surface area (TPSA) is 228 Å². The van der Waals surface area contributed by atoms with Crippen LogP contribution in [0.5, 0.6) is 0 Å². The van der Waals surface area contributed by atoms with Crippen LogP contribution in [0.1, 0.15) is 200 Å². The number of ether oxygens (including phenoxy) is 4. The molecular formula is C73H117NO13. The first-order chi connectivity index (χ1) is 42.6. The van der Waals surface area contributed by atoms with E-state index in [0.29, 0.717) is 12.8 Å². The molecule has 2 rings (SSSR count). The van der Waals surface area contributed by atoms with Crippen LogP contribution in [0.2, 0.25) is 0 Å². The molecule has 492 valence electrons. The first-order valence-electron chi connectivity index (χ1n) is 33.2. The van der Waals surface area contributed by atoms with Crippen LogP contribution in [0.25, 0.3) is 0 Å². The summed E-state index contributed by atoms with van der Waals surface area (Å²) in [4.78, 5) is 13.3. The average molecular weight is 1220 g/mol. The van der Waals surface area contributed by atoms with Crippen LogP contribution in [0.4, 0.5) is 0 Å². The van der Waals surface area contributed by atoms with Crippen molar-refractivity contribution < 1.29 is 64.6 Å². The first kappa shape index (κ1) is 78.7. The fraction of sp³-hybridized carbons (Fsp3) is 0.630. The maximum absolute atomic E-state index is 13.3. The minimum atomic E-state index is -1.80. The first-order valence-corrected chi connectivity index (χ1v) is 33.2. The lowest BCUT2D eigenvalue weighted by molar-refractivity contribution is -0.359. The molecule has 0 aromatic carbocycles. The number of carbonyl (C=O) groups is 1. The molecule has 0 radical (unpaired) electrons. The van der Waals surface area contributed by atoms with E-state index in [1.54, 1.807) is 6.08 Å². The Labute approximate surface area is 525 Å². The van der Waals surface area contributed by atoms with Crippen LogP contribution < -0.4 is 5.32 Å². The zero-order chi connectivity index (χ0) is 63.1. The highest BCUT2D eigenvalue weighted by atomic mass is 16.7. The van der Waals surface area contributed by atoms with Gasteiger partial charge in [-0.25, -0.2) is 0 Å². The number of aliphatic hydroxyl groups is 8. The molecule has 2 heterocycles. The van der Waals surface area contributed by atoms with Gasteiger partial charge in [-0.05, 0) is 122 Å². The van der Waals surface area contributed by atoms with E-state index in [9.17, 15) is 45.6 Å². The lowest BCUT2D eigenvalue weighted by Gasteiger charge is -2.46. The van der Waals surface area contributed by atoms with Crippen molar-refractivity contribution in [2.45, 2.75) is 274 Å². The quantitative estimate of drug-likeness (QED) is 0.0204. The maximum Gasteiger partial charge on any atom is 0.220 e. The van der Waals surface area contributed by atoms with E-state index in [1.807, 2.05) is 6.08 Å². The molecule has 1 amide bonds. The fourth-order valence-electron chi connectivity index (χ4n) is 9.64. The minimum absolute atomic E-state index is 0.229. The van der Waals surface area contributed by atoms with Gasteiger partial charge in [-0.15, -0.1) is 0 Å². The molecule has 0 aliphatic carbocycles. The highest BCUT2D eigenvalue weighted by Crippen LogP contribution is 2.30. The Hall–Kier alpha value is -4.39. The summed E-state index contributed by atoms with van der Waals surface area (Å²) < 4.78 is 22.8. The third kappa shape index (κ3) is 40.1. The maximum atomic E-state index is 13.3. The fourth-order valence-corrected chi connectivity index (χ4v) is 9.64. The molecule has 87 heavy (non-hydrogen) atoms. The van der Waals surface area contributed by atoms with Gasteiger partial charge in [0.2, 0.25) is 5.91 Å². The zero-order valence-electron chi connectivity index (χ0n) is 53.2. The van der Waals surface area contributed by atoms with Crippen molar-refractivity contribution in [3.63, 3.8) is 0 Å². The Morgan fingerprint density at radius 1 is 0.425 bits per heavy atom. The number of nitrogens with one attached hydrogen (secondary N) is 1. The smallest absolute Gasteiger partial charge is 0.220 e. The summed E-state index contributed by atoms with van der Waals surface area (Å²) in [7, 11) is 0. The Bertz CT molecular complexity index is 2070. The number of unbranched alkanes of at least 4 members (excludes halogenated alkanes) is 14. The summed E-state index contributed by atoms with van der Waals surface area (Å²) in [6.45, 7) is 2.62. The normalized spacial score (nSPS) is 24.3. The summed E-state index contributed by atoms with van der Waals surface area (Å²) in [6.07, 6.45) is 68.5. The molecule has 14 nitrogen and oxygen atoms in total. The van der Waals surface area contributed by atoms with Crippen molar-refractivity contribution in [1.82, 2.24) is 5.32 Å². The third-order valence-electron chi connectivity index (χ3n) is 14.9. The summed E-state index contributed by atoms with van der Waals surface area (Å²) in [5, 5.41) is 87.2. The second-order valence-electron chi connectivity index (χ2n) is 22.5. The monoisotopic (exact) mass is 1220 g/mol. The van der Waals surface area contributed by atoms with Crippen molar-refractivity contribution in [3.8, 4) is 0 Å². The summed E-state index contributed by atoms with van der Waals surface area (Å²) in [6, 6.07) is -0.965. The van der Waals surface area contributed by atoms with Crippen LogP contribution in [0.15, 0.2) is 158 Å². The predicted molar refractivity (Wildman–Crippen MR) is 354 cm³/mol. The highest BCUT2D eigenvalue weighted by molar-refractivity contribution is 5.76. The Morgan fingerprint density at radius 3 is 1.26 bits per heavy atom. The molecule has 9 N–H and O–H groups in total. The lowest BCUT2D eigenvalue weighted by atomic mass is 9.97. The Kier molecular flexibility index (Phi) is 50.4. The number of carbonyl (C=O) groups excluding carboxylic acids is 1. The molecule has 0 saturated carbocycles. The SMILES string of the molecule is CC/C=C\C/C=C\C/C=C\C/C=C\C/C=C\C/C=C\C/C=C\C/C=C\C/C=C\C/C=C\CCCCCCC(=O)NC(COC1OC(CO)C(OC2OC(CO)C(O)C(O)C2O)C(O)C1O)C(O)/C=C/CC/C=C/CC/C=C/CCCCCCCCCC. The highest BCUT2D eigenvalue weighted by Gasteiger charge is 2.51. The van der Waals surface area contributed by atoms with Crippen LogP contribution in [-0.2, 0) is 23.7 Å². The molecule has 2 fully saturated rings. The number of hydrogen-bond donors (Lipinski definition) is 9. The van der Waals surface area contributed by atoms with Gasteiger partial charge in [0, 0.05) is 6.42 Å². The van der Waals surface area contributed by atoms with Gasteiger partial charge in [0.15, 0.2) is 12.6 Å². The van der Waals surface area contributed by atoms with Gasteiger partial charge >= 0.3 is 0 Å². The van der Waals surface area contributed by atoms with Gasteiger partial charge in [-0.1, -0.05) is 230 Å². The Morgan fingerprint density at radius 2 is 0.805 bits per heavy atom. The van der Waals surface area contributed by atoms with Crippen LogP contribution in [-0.4, -0.2) is 140 Å². The van der Waals surface area contributed by atoms with Gasteiger partial charge < -0.3 is 65.1 Å². The summed E-state index contributed by atoms with van der Waals surface area (Å²) in [5.41, 5.74) is 0. The summed E-state index contributed by atoms with van der Waals surface area (Å²) >= 11 is 0. The molecule has 12 unspecified atom stereocenters. The number of aliphatic hydroxyl groups excluding tert-OH is 8. The summed E-state index contributed by atoms with van der Waals surface area (Å²) in [5.74, 6) is -0.285. The second-order valence-corrected chi connectivity index (χ2v) is 22.5. The number of rotatable bonds is 51. The number of hydrogen-bond acceptors (Lipinski definition) is 13. The van der Waals surface area contributed by atoms with Crippen molar-refractivity contribution in [3.05, 3.63) is 158 Å². The van der Waals surface area contributed by atoms with Gasteiger partial charge in [0.05, 0.1) is 32.0 Å². The van der Waals surface area contributed by atoms with E-state index >= 15 is 0 Å². The molecule has 2 aliphatic rings. The van der Waals surface area contributed by atoms with Crippen molar-refractivity contribution >= 4 is 5.91 Å². The molecule has 0 aromatic rings. The van der Waals surface area contributed by atoms with E-state index in [4.69, 9.17) is 18.9 Å².